The van der Waals surface area contributed by atoms with E-state index in [-0.39, 0.29) is 29.9 Å². The number of anilines is 1. The van der Waals surface area contributed by atoms with E-state index in [0.717, 1.165) is 29.4 Å². The summed E-state index contributed by atoms with van der Waals surface area (Å²) in [4.78, 5) is 13.5. The Kier molecular flexibility index (Phi) is 9.62. The Bertz CT molecular complexity index is 1140. The molecule has 4 rings (SSSR count). The molecule has 0 bridgehead atoms. The van der Waals surface area contributed by atoms with Crippen LogP contribution >= 0.6 is 24.0 Å². The average Bonchev–Trinajstić information content (AvgIpc) is 3.24. The van der Waals surface area contributed by atoms with Gasteiger partial charge < -0.3 is 16.0 Å². The van der Waals surface area contributed by atoms with Crippen LogP contribution < -0.4 is 16.0 Å². The second-order valence-corrected chi connectivity index (χ2v) is 7.67. The van der Waals surface area contributed by atoms with Gasteiger partial charge in [-0.1, -0.05) is 60.7 Å². The first kappa shape index (κ1) is 25.4. The van der Waals surface area contributed by atoms with E-state index in [4.69, 9.17) is 4.99 Å². The minimum Gasteiger partial charge on any atom is -0.368 e. The number of hydrogen-bond acceptors (Lipinski definition) is 5. The molecule has 0 aliphatic carbocycles. The number of guanidine groups is 1. The lowest BCUT2D eigenvalue weighted by Crippen LogP contribution is -2.39. The highest BCUT2D eigenvalue weighted by Gasteiger charge is 2.14. The third-order valence-electron chi connectivity index (χ3n) is 5.42. The van der Waals surface area contributed by atoms with Crippen LogP contribution in [0.2, 0.25) is 0 Å². The molecule has 0 saturated carbocycles. The number of nitrogens with zero attached hydrogens (tertiary/aromatic N) is 5. The van der Waals surface area contributed by atoms with Crippen LogP contribution in [0, 0.1) is 0 Å². The summed E-state index contributed by atoms with van der Waals surface area (Å²) >= 11 is 0. The fraction of sp³-hybridized carbons (Fsp3) is 0.280. The van der Waals surface area contributed by atoms with E-state index in [1.165, 1.54) is 11.1 Å². The molecule has 178 valence electrons. The third kappa shape index (κ3) is 6.43. The van der Waals surface area contributed by atoms with Gasteiger partial charge in [0.15, 0.2) is 11.6 Å². The molecule has 0 aliphatic rings. The number of fused-ring (bicyclic) bond motifs is 1. The number of nitrogens with one attached hydrogen (secondary N) is 3. The van der Waals surface area contributed by atoms with Gasteiger partial charge in [0.2, 0.25) is 0 Å². The molecule has 9 heteroatoms. The van der Waals surface area contributed by atoms with Crippen LogP contribution in [0.25, 0.3) is 11.0 Å². The van der Waals surface area contributed by atoms with E-state index in [9.17, 15) is 0 Å². The van der Waals surface area contributed by atoms with E-state index in [0.29, 0.717) is 19.6 Å². The first-order valence-electron chi connectivity index (χ1n) is 11.2. The van der Waals surface area contributed by atoms with Crippen molar-refractivity contribution in [3.05, 3.63) is 84.3 Å². The zero-order chi connectivity index (χ0) is 22.9. The van der Waals surface area contributed by atoms with Crippen LogP contribution in [0.3, 0.4) is 0 Å². The third-order valence-corrected chi connectivity index (χ3v) is 5.42. The summed E-state index contributed by atoms with van der Waals surface area (Å²) < 4.78 is 1.74. The van der Waals surface area contributed by atoms with Gasteiger partial charge in [0.25, 0.3) is 0 Å². The first-order chi connectivity index (χ1) is 16.3. The van der Waals surface area contributed by atoms with E-state index in [1.807, 2.05) is 19.2 Å². The highest BCUT2D eigenvalue weighted by molar-refractivity contribution is 14.0. The van der Waals surface area contributed by atoms with Crippen molar-refractivity contribution < 1.29 is 0 Å². The van der Waals surface area contributed by atoms with E-state index in [2.05, 4.69) is 86.5 Å². The number of hydrogen-bond donors (Lipinski definition) is 3. The molecular formula is C25H31IN8. The van der Waals surface area contributed by atoms with Crippen molar-refractivity contribution >= 4 is 46.8 Å². The van der Waals surface area contributed by atoms with E-state index >= 15 is 0 Å². The fourth-order valence-electron chi connectivity index (χ4n) is 3.76. The van der Waals surface area contributed by atoms with Gasteiger partial charge in [-0.3, -0.25) is 9.67 Å². The molecular weight excluding hydrogens is 539 g/mol. The molecule has 0 amide bonds. The molecule has 8 nitrogen and oxygen atoms in total. The molecule has 0 atom stereocenters. The summed E-state index contributed by atoms with van der Waals surface area (Å²) in [6, 6.07) is 21.1. The zero-order valence-corrected chi connectivity index (χ0v) is 21.8. The van der Waals surface area contributed by atoms with Gasteiger partial charge in [0.05, 0.1) is 18.1 Å². The predicted molar refractivity (Wildman–Crippen MR) is 149 cm³/mol. The Morgan fingerprint density at radius 1 is 0.941 bits per heavy atom. The molecule has 0 fully saturated rings. The van der Waals surface area contributed by atoms with Gasteiger partial charge in [-0.2, -0.15) is 5.10 Å². The summed E-state index contributed by atoms with van der Waals surface area (Å²) in [5, 5.41) is 15.3. The van der Waals surface area contributed by atoms with Gasteiger partial charge in [-0.25, -0.2) is 9.97 Å². The van der Waals surface area contributed by atoms with Crippen LogP contribution in [0.4, 0.5) is 5.82 Å². The number of aliphatic imine (C=N–C) groups is 1. The summed E-state index contributed by atoms with van der Waals surface area (Å²) in [7, 11) is 1.87. The molecule has 2 heterocycles. The monoisotopic (exact) mass is 570 g/mol. The highest BCUT2D eigenvalue weighted by atomic mass is 127. The Labute approximate surface area is 217 Å². The minimum atomic E-state index is 0. The smallest absolute Gasteiger partial charge is 0.191 e. The minimum absolute atomic E-state index is 0. The van der Waals surface area contributed by atoms with Gasteiger partial charge in [-0.05, 0) is 18.1 Å². The summed E-state index contributed by atoms with van der Waals surface area (Å²) in [6.45, 7) is 4.90. The number of rotatable bonds is 9. The zero-order valence-electron chi connectivity index (χ0n) is 19.5. The average molecular weight is 570 g/mol. The maximum atomic E-state index is 4.89. The largest absolute Gasteiger partial charge is 0.368 e. The van der Waals surface area contributed by atoms with Crippen LogP contribution in [0.1, 0.15) is 24.0 Å². The Morgan fingerprint density at radius 3 is 2.26 bits per heavy atom. The Morgan fingerprint density at radius 2 is 1.62 bits per heavy atom. The standard InChI is InChI=1S/C25H30N8.HI/c1-3-26-25(28-15-14-27-23-22-17-32-33(2)24(22)31-18-30-23)29-16-21(19-10-6-4-7-11-19)20-12-8-5-9-13-20;/h4-13,17-18,21H,3,14-16H2,1-2H3,(H2,26,28,29)(H,27,30,31);1H. The molecule has 0 saturated heterocycles. The van der Waals surface area contributed by atoms with Crippen LogP contribution in [-0.2, 0) is 7.05 Å². The van der Waals surface area contributed by atoms with Crippen molar-refractivity contribution in [2.75, 3.05) is 31.5 Å². The number of benzene rings is 2. The summed E-state index contributed by atoms with van der Waals surface area (Å²) in [5.41, 5.74) is 3.33. The number of halogens is 1. The fourth-order valence-corrected chi connectivity index (χ4v) is 3.76. The van der Waals surface area contributed by atoms with Gasteiger partial charge >= 0.3 is 0 Å². The molecule has 0 aliphatic heterocycles. The van der Waals surface area contributed by atoms with E-state index in [1.54, 1.807) is 17.2 Å². The SMILES string of the molecule is CCNC(=NCC(c1ccccc1)c1ccccc1)NCCNc1ncnc2c1cnn2C.I. The van der Waals surface area contributed by atoms with E-state index < -0.39 is 0 Å². The normalized spacial score (nSPS) is 11.3. The lowest BCUT2D eigenvalue weighted by molar-refractivity contribution is 0.777. The van der Waals surface area contributed by atoms with Crippen LogP contribution in [-0.4, -0.2) is 51.9 Å². The second-order valence-electron chi connectivity index (χ2n) is 7.67. The highest BCUT2D eigenvalue weighted by Crippen LogP contribution is 2.24. The Hall–Kier alpha value is -3.21. The molecule has 0 spiro atoms. The number of aromatic nitrogens is 4. The first-order valence-corrected chi connectivity index (χ1v) is 11.2. The van der Waals surface area contributed by atoms with Crippen molar-refractivity contribution in [2.24, 2.45) is 12.0 Å². The molecule has 0 unspecified atom stereocenters. The lowest BCUT2D eigenvalue weighted by Gasteiger charge is -2.18. The quantitative estimate of drug-likeness (QED) is 0.123. The lowest BCUT2D eigenvalue weighted by atomic mass is 9.91. The summed E-state index contributed by atoms with van der Waals surface area (Å²) in [6.07, 6.45) is 3.34. The second kappa shape index (κ2) is 12.9. The molecule has 2 aromatic carbocycles. The Balaban J connectivity index is 0.00000324. The number of aryl methyl sites for hydroxylation is 1. The summed E-state index contributed by atoms with van der Waals surface area (Å²) in [5.74, 6) is 1.77. The molecule has 0 radical (unpaired) electrons. The topological polar surface area (TPSA) is 92.1 Å². The van der Waals surface area contributed by atoms with Gasteiger partial charge in [0.1, 0.15) is 12.1 Å². The predicted octanol–water partition coefficient (Wildman–Crippen LogP) is 3.78. The molecule has 34 heavy (non-hydrogen) atoms. The maximum Gasteiger partial charge on any atom is 0.191 e. The van der Waals surface area contributed by atoms with Crippen LogP contribution in [0.15, 0.2) is 78.2 Å². The van der Waals surface area contributed by atoms with Gasteiger partial charge in [0, 0.05) is 32.6 Å². The maximum absolute atomic E-state index is 4.89. The van der Waals surface area contributed by atoms with Crippen molar-refractivity contribution in [3.63, 3.8) is 0 Å². The van der Waals surface area contributed by atoms with Gasteiger partial charge in [-0.15, -0.1) is 24.0 Å². The molecule has 3 N–H and O–H groups in total. The van der Waals surface area contributed by atoms with Crippen molar-refractivity contribution in [3.8, 4) is 0 Å². The van der Waals surface area contributed by atoms with Crippen molar-refractivity contribution in [1.29, 1.82) is 0 Å². The molecule has 2 aromatic heterocycles. The van der Waals surface area contributed by atoms with Crippen molar-refractivity contribution in [2.45, 2.75) is 12.8 Å². The van der Waals surface area contributed by atoms with Crippen LogP contribution in [0.5, 0.6) is 0 Å². The van der Waals surface area contributed by atoms with Crippen molar-refractivity contribution in [1.82, 2.24) is 30.4 Å². The molecule has 4 aromatic rings.